The molecule has 9 unspecified atom stereocenters. The summed E-state index contributed by atoms with van der Waals surface area (Å²) < 4.78 is 27.6. The highest BCUT2D eigenvalue weighted by molar-refractivity contribution is 5.73. The molecule has 0 aromatic heterocycles. The lowest BCUT2D eigenvalue weighted by Gasteiger charge is -2.44. The Labute approximate surface area is 207 Å². The predicted molar refractivity (Wildman–Crippen MR) is 116 cm³/mol. The summed E-state index contributed by atoms with van der Waals surface area (Å²) in [5.74, 6) is -3.48. The van der Waals surface area contributed by atoms with Gasteiger partial charge in [0.05, 0.1) is 44.7 Å². The monoisotopic (exact) mass is 526 g/mol. The maximum Gasteiger partial charge on any atom is 0.333 e. The Morgan fingerprint density at radius 3 is 2.06 bits per heavy atom. The second-order valence-electron chi connectivity index (χ2n) is 9.63. The number of rotatable bonds is 9. The Hall–Kier alpha value is -1.01. The molecule has 0 saturated carbocycles. The van der Waals surface area contributed by atoms with E-state index in [0.717, 1.165) is 0 Å². The first kappa shape index (κ1) is 29.5. The summed E-state index contributed by atoms with van der Waals surface area (Å²) in [6, 6.07) is 0. The van der Waals surface area contributed by atoms with Gasteiger partial charge in [-0.2, -0.15) is 0 Å². The van der Waals surface area contributed by atoms with Crippen LogP contribution in [0.3, 0.4) is 0 Å². The molecule has 14 heteroatoms. The van der Waals surface area contributed by atoms with E-state index in [9.17, 15) is 45.6 Å². The molecule has 36 heavy (non-hydrogen) atoms. The smallest absolute Gasteiger partial charge is 0.333 e. The van der Waals surface area contributed by atoms with Gasteiger partial charge in [-0.25, -0.2) is 4.79 Å². The topological polar surface area (TPSA) is 225 Å². The van der Waals surface area contributed by atoms with Crippen molar-refractivity contribution in [1.82, 2.24) is 0 Å². The summed E-state index contributed by atoms with van der Waals surface area (Å²) in [6.07, 6.45) is -14.2. The largest absolute Gasteiger partial charge is 0.479 e. The van der Waals surface area contributed by atoms with E-state index >= 15 is 0 Å². The molecule has 3 saturated heterocycles. The first-order valence-corrected chi connectivity index (χ1v) is 12.1. The molecule has 3 rings (SSSR count). The summed E-state index contributed by atoms with van der Waals surface area (Å²) in [4.78, 5) is 11.6. The zero-order valence-electron chi connectivity index (χ0n) is 20.1. The first-order valence-electron chi connectivity index (χ1n) is 12.1. The van der Waals surface area contributed by atoms with Crippen LogP contribution >= 0.6 is 0 Å². The van der Waals surface area contributed by atoms with Gasteiger partial charge in [-0.3, -0.25) is 0 Å². The molecule has 0 aromatic carbocycles. The molecule has 210 valence electrons. The van der Waals surface area contributed by atoms with Gasteiger partial charge < -0.3 is 64.5 Å². The van der Waals surface area contributed by atoms with E-state index in [1.54, 1.807) is 6.92 Å². The molecule has 14 nitrogen and oxygen atoms in total. The van der Waals surface area contributed by atoms with Crippen LogP contribution in [-0.4, -0.2) is 141 Å². The zero-order valence-corrected chi connectivity index (χ0v) is 20.1. The van der Waals surface area contributed by atoms with Crippen molar-refractivity contribution in [1.29, 1.82) is 0 Å². The molecule has 0 aliphatic carbocycles. The molecule has 3 aliphatic heterocycles. The van der Waals surface area contributed by atoms with Gasteiger partial charge in [0.15, 0.2) is 18.7 Å². The van der Waals surface area contributed by atoms with E-state index in [1.807, 2.05) is 0 Å². The zero-order chi connectivity index (χ0) is 26.7. The van der Waals surface area contributed by atoms with Gasteiger partial charge in [0.25, 0.3) is 0 Å². The highest BCUT2D eigenvalue weighted by Crippen LogP contribution is 2.33. The van der Waals surface area contributed by atoms with Crippen molar-refractivity contribution in [3.8, 4) is 0 Å². The van der Waals surface area contributed by atoms with Crippen LogP contribution in [0.5, 0.6) is 0 Å². The van der Waals surface area contributed by atoms with Crippen LogP contribution in [0.25, 0.3) is 0 Å². The average Bonchev–Trinajstić information content (AvgIpc) is 2.85. The highest BCUT2D eigenvalue weighted by Gasteiger charge is 2.49. The SMILES string of the molecule is CC[C@@H]1C(C(=O)O)O[C@@H](OCC2COC(CO)[C@@H](O)C2CO[C@@H]2OC(C)[C@@H](O)C(O)C2O)C(O)C1O. The summed E-state index contributed by atoms with van der Waals surface area (Å²) in [6.45, 7) is 2.25. The van der Waals surface area contributed by atoms with Gasteiger partial charge in [0.1, 0.15) is 30.5 Å². The number of carbonyl (C=O) groups is 1. The summed E-state index contributed by atoms with van der Waals surface area (Å²) in [5, 5.41) is 80.6. The Morgan fingerprint density at radius 2 is 1.44 bits per heavy atom. The third-order valence-corrected chi connectivity index (χ3v) is 7.32. The van der Waals surface area contributed by atoms with Crippen LogP contribution in [-0.2, 0) is 28.5 Å². The molecule has 3 heterocycles. The van der Waals surface area contributed by atoms with Crippen molar-refractivity contribution in [3.05, 3.63) is 0 Å². The van der Waals surface area contributed by atoms with Crippen molar-refractivity contribution in [2.45, 2.75) is 87.8 Å². The van der Waals surface area contributed by atoms with Crippen LogP contribution in [0.2, 0.25) is 0 Å². The van der Waals surface area contributed by atoms with Crippen LogP contribution in [0.15, 0.2) is 0 Å². The Morgan fingerprint density at radius 1 is 0.833 bits per heavy atom. The van der Waals surface area contributed by atoms with E-state index in [0.29, 0.717) is 0 Å². The molecule has 0 aromatic rings. The highest BCUT2D eigenvalue weighted by atomic mass is 16.7. The number of aliphatic carboxylic acids is 1. The van der Waals surface area contributed by atoms with Crippen molar-refractivity contribution >= 4 is 5.97 Å². The van der Waals surface area contributed by atoms with E-state index in [1.165, 1.54) is 6.92 Å². The quantitative estimate of drug-likeness (QED) is 0.145. The Balaban J connectivity index is 1.66. The molecular formula is C22H38O14. The normalized spacial score (nSPS) is 48.0. The number of carboxylic acid groups (broad SMARTS) is 1. The number of aliphatic hydroxyl groups excluding tert-OH is 7. The Kier molecular flexibility index (Phi) is 10.4. The molecule has 0 spiro atoms. The average molecular weight is 527 g/mol. The summed E-state index contributed by atoms with van der Waals surface area (Å²) in [7, 11) is 0. The van der Waals surface area contributed by atoms with E-state index in [4.69, 9.17) is 23.7 Å². The fraction of sp³-hybridized carbons (Fsp3) is 0.955. The predicted octanol–water partition coefficient (Wildman–Crippen LogP) is -3.61. The molecule has 0 radical (unpaired) electrons. The van der Waals surface area contributed by atoms with Crippen LogP contribution in [0, 0.1) is 17.8 Å². The molecule has 8 N–H and O–H groups in total. The van der Waals surface area contributed by atoms with Crippen LogP contribution in [0.4, 0.5) is 0 Å². The minimum atomic E-state index is -1.55. The van der Waals surface area contributed by atoms with Crippen molar-refractivity contribution in [2.24, 2.45) is 17.8 Å². The van der Waals surface area contributed by atoms with Gasteiger partial charge >= 0.3 is 5.97 Å². The van der Waals surface area contributed by atoms with E-state index in [2.05, 4.69) is 0 Å². The molecule has 0 bridgehead atoms. The fourth-order valence-electron chi connectivity index (χ4n) is 4.92. The lowest BCUT2D eigenvalue weighted by Crippen LogP contribution is -2.59. The second kappa shape index (κ2) is 12.7. The van der Waals surface area contributed by atoms with Gasteiger partial charge in [-0.15, -0.1) is 0 Å². The number of hydrogen-bond donors (Lipinski definition) is 8. The summed E-state index contributed by atoms with van der Waals surface area (Å²) >= 11 is 0. The molecule has 0 amide bonds. The minimum Gasteiger partial charge on any atom is -0.479 e. The number of aliphatic hydroxyl groups is 7. The summed E-state index contributed by atoms with van der Waals surface area (Å²) in [5.41, 5.74) is 0. The molecular weight excluding hydrogens is 488 g/mol. The van der Waals surface area contributed by atoms with Crippen molar-refractivity contribution in [2.75, 3.05) is 26.4 Å². The van der Waals surface area contributed by atoms with Crippen LogP contribution in [0.1, 0.15) is 20.3 Å². The van der Waals surface area contributed by atoms with Crippen LogP contribution < -0.4 is 0 Å². The van der Waals surface area contributed by atoms with Crippen molar-refractivity contribution in [3.63, 3.8) is 0 Å². The van der Waals surface area contributed by atoms with Gasteiger partial charge in [-0.1, -0.05) is 6.92 Å². The minimum absolute atomic E-state index is 0.00650. The Bertz CT molecular complexity index is 710. The maximum atomic E-state index is 11.6. The lowest BCUT2D eigenvalue weighted by molar-refractivity contribution is -0.305. The molecule has 14 atom stereocenters. The van der Waals surface area contributed by atoms with Gasteiger partial charge in [0.2, 0.25) is 0 Å². The number of ether oxygens (including phenoxy) is 5. The van der Waals surface area contributed by atoms with Gasteiger partial charge in [-0.05, 0) is 13.3 Å². The first-order chi connectivity index (χ1) is 17.0. The second-order valence-corrected chi connectivity index (χ2v) is 9.63. The number of hydrogen-bond acceptors (Lipinski definition) is 13. The van der Waals surface area contributed by atoms with Gasteiger partial charge in [0, 0.05) is 17.8 Å². The maximum absolute atomic E-state index is 11.6. The van der Waals surface area contributed by atoms with Crippen molar-refractivity contribution < 1.29 is 69.3 Å². The molecule has 3 fully saturated rings. The standard InChI is InChI=1S/C22H38O14/c1-3-10-15(26)17(28)22(36-19(10)20(30)31)33-6-9-5-32-12(4-23)14(25)11(9)7-34-21-18(29)16(27)13(24)8(2)35-21/h8-19,21-29H,3-7H2,1-2H3,(H,30,31)/t8?,9?,10-,11?,12?,13+,14-,15?,16?,17?,18?,19?,21+,22+/m0/s1. The lowest BCUT2D eigenvalue weighted by atomic mass is 9.84. The van der Waals surface area contributed by atoms with E-state index < -0.39 is 97.8 Å². The fourth-order valence-corrected chi connectivity index (χ4v) is 4.92. The molecule has 3 aliphatic rings. The third-order valence-electron chi connectivity index (χ3n) is 7.32. The number of carboxylic acids is 1. The third kappa shape index (κ3) is 6.17. The van der Waals surface area contributed by atoms with E-state index in [-0.39, 0.29) is 26.2 Å².